The number of hydrogen-bond acceptors (Lipinski definition) is 4. The molecular formula is C30H28N4O2. The summed E-state index contributed by atoms with van der Waals surface area (Å²) in [4.78, 5) is 18.4. The Bertz CT molecular complexity index is 1480. The molecule has 0 spiro atoms. The second-order valence-electron chi connectivity index (χ2n) is 8.79. The summed E-state index contributed by atoms with van der Waals surface area (Å²) in [5.74, 6) is 0.501. The number of carbonyl (C=O) groups excluding carboxylic acids is 1. The SMILES string of the molecule is COc1ccccc1-c1cc(C(=O)N[C@@H](C)CCc2ccccc2)n2nc(-c3ccccc3)cc2n1. The van der Waals surface area contributed by atoms with Crippen LogP contribution < -0.4 is 10.1 Å². The van der Waals surface area contributed by atoms with E-state index in [2.05, 4.69) is 17.4 Å². The third-order valence-electron chi connectivity index (χ3n) is 6.20. The molecule has 2 aromatic heterocycles. The Hall–Kier alpha value is -4.45. The first-order chi connectivity index (χ1) is 17.6. The van der Waals surface area contributed by atoms with Crippen LogP contribution in [0, 0.1) is 0 Å². The van der Waals surface area contributed by atoms with E-state index in [-0.39, 0.29) is 11.9 Å². The molecule has 5 aromatic rings. The molecule has 36 heavy (non-hydrogen) atoms. The molecule has 0 saturated heterocycles. The fraction of sp³-hybridized carbons (Fsp3) is 0.167. The van der Waals surface area contributed by atoms with Crippen molar-refractivity contribution in [3.63, 3.8) is 0 Å². The zero-order chi connectivity index (χ0) is 24.9. The number of ether oxygens (including phenoxy) is 1. The van der Waals surface area contributed by atoms with Gasteiger partial charge in [0.25, 0.3) is 5.91 Å². The quantitative estimate of drug-likeness (QED) is 0.306. The number of methoxy groups -OCH3 is 1. The summed E-state index contributed by atoms with van der Waals surface area (Å²) in [6.07, 6.45) is 1.72. The molecule has 1 atom stereocenters. The first kappa shape index (κ1) is 23.3. The monoisotopic (exact) mass is 476 g/mol. The molecule has 2 heterocycles. The van der Waals surface area contributed by atoms with Crippen molar-refractivity contribution in [1.29, 1.82) is 0 Å². The highest BCUT2D eigenvalue weighted by atomic mass is 16.5. The van der Waals surface area contributed by atoms with Crippen molar-refractivity contribution < 1.29 is 9.53 Å². The molecule has 0 radical (unpaired) electrons. The number of carbonyl (C=O) groups is 1. The van der Waals surface area contributed by atoms with Crippen molar-refractivity contribution in [3.8, 4) is 28.3 Å². The third-order valence-corrected chi connectivity index (χ3v) is 6.20. The van der Waals surface area contributed by atoms with Crippen molar-refractivity contribution in [3.05, 3.63) is 108 Å². The normalized spacial score (nSPS) is 11.8. The van der Waals surface area contributed by atoms with Crippen LogP contribution in [-0.2, 0) is 6.42 Å². The van der Waals surface area contributed by atoms with E-state index in [1.807, 2.05) is 85.8 Å². The van der Waals surface area contributed by atoms with Gasteiger partial charge in [0, 0.05) is 23.2 Å². The van der Waals surface area contributed by atoms with Gasteiger partial charge in [-0.15, -0.1) is 0 Å². The Morgan fingerprint density at radius 1 is 0.917 bits per heavy atom. The molecule has 0 fully saturated rings. The van der Waals surface area contributed by atoms with Crippen LogP contribution in [0.1, 0.15) is 29.4 Å². The number of nitrogens with zero attached hydrogens (tertiary/aromatic N) is 3. The van der Waals surface area contributed by atoms with Gasteiger partial charge in [-0.25, -0.2) is 9.50 Å². The maximum atomic E-state index is 13.5. The summed E-state index contributed by atoms with van der Waals surface area (Å²) >= 11 is 0. The Morgan fingerprint density at radius 3 is 2.36 bits per heavy atom. The van der Waals surface area contributed by atoms with Gasteiger partial charge >= 0.3 is 0 Å². The molecule has 180 valence electrons. The standard InChI is InChI=1S/C30H28N4O2/c1-21(17-18-22-11-5-3-6-12-22)31-30(35)27-19-26(24-15-9-10-16-28(24)36-2)32-29-20-25(33-34(27)29)23-13-7-4-8-14-23/h3-16,19-21H,17-18H2,1-2H3,(H,31,35)/t21-/m0/s1. The average Bonchev–Trinajstić information content (AvgIpc) is 3.37. The van der Waals surface area contributed by atoms with Crippen LogP contribution in [0.3, 0.4) is 0 Å². The van der Waals surface area contributed by atoms with Gasteiger partial charge < -0.3 is 10.1 Å². The molecule has 0 aliphatic heterocycles. The molecular weight excluding hydrogens is 448 g/mol. The van der Waals surface area contributed by atoms with Gasteiger partial charge in [0.05, 0.1) is 18.5 Å². The van der Waals surface area contributed by atoms with Crippen molar-refractivity contribution in [2.24, 2.45) is 0 Å². The van der Waals surface area contributed by atoms with Crippen LogP contribution >= 0.6 is 0 Å². The van der Waals surface area contributed by atoms with Crippen LogP contribution in [0.15, 0.2) is 97.1 Å². The lowest BCUT2D eigenvalue weighted by molar-refractivity contribution is 0.0931. The number of nitrogens with one attached hydrogen (secondary N) is 1. The number of aromatic nitrogens is 3. The van der Waals surface area contributed by atoms with Gasteiger partial charge in [-0.1, -0.05) is 72.8 Å². The predicted octanol–water partition coefficient (Wildman–Crippen LogP) is 5.82. The summed E-state index contributed by atoms with van der Waals surface area (Å²) in [6.45, 7) is 2.03. The van der Waals surface area contributed by atoms with Crippen LogP contribution in [-0.4, -0.2) is 33.7 Å². The highest BCUT2D eigenvalue weighted by Crippen LogP contribution is 2.30. The molecule has 0 aliphatic carbocycles. The number of amides is 1. The molecule has 3 aromatic carbocycles. The maximum Gasteiger partial charge on any atom is 0.270 e. The van der Waals surface area contributed by atoms with Gasteiger partial charge in [-0.05, 0) is 43.5 Å². The molecule has 0 saturated carbocycles. The van der Waals surface area contributed by atoms with Gasteiger partial charge in [0.1, 0.15) is 11.4 Å². The van der Waals surface area contributed by atoms with E-state index in [1.165, 1.54) is 5.56 Å². The summed E-state index contributed by atoms with van der Waals surface area (Å²) in [5, 5.41) is 7.90. The van der Waals surface area contributed by atoms with Gasteiger partial charge in [-0.3, -0.25) is 4.79 Å². The van der Waals surface area contributed by atoms with E-state index in [9.17, 15) is 4.79 Å². The molecule has 0 bridgehead atoms. The lowest BCUT2D eigenvalue weighted by Gasteiger charge is -2.15. The first-order valence-corrected chi connectivity index (χ1v) is 12.1. The van der Waals surface area contributed by atoms with Crippen LogP contribution in [0.25, 0.3) is 28.2 Å². The highest BCUT2D eigenvalue weighted by Gasteiger charge is 2.20. The van der Waals surface area contributed by atoms with E-state index >= 15 is 0 Å². The maximum absolute atomic E-state index is 13.5. The molecule has 5 rings (SSSR count). The predicted molar refractivity (Wildman–Crippen MR) is 142 cm³/mol. The minimum Gasteiger partial charge on any atom is -0.496 e. The minimum absolute atomic E-state index is 0.0141. The Kier molecular flexibility index (Phi) is 6.76. The van der Waals surface area contributed by atoms with Crippen molar-refractivity contribution in [2.75, 3.05) is 7.11 Å². The first-order valence-electron chi connectivity index (χ1n) is 12.1. The Labute approximate surface area is 210 Å². The van der Waals surface area contributed by atoms with E-state index in [4.69, 9.17) is 14.8 Å². The van der Waals surface area contributed by atoms with E-state index in [1.54, 1.807) is 17.7 Å². The number of benzene rings is 3. The summed E-state index contributed by atoms with van der Waals surface area (Å²) < 4.78 is 7.19. The molecule has 6 nitrogen and oxygen atoms in total. The number of hydrogen-bond donors (Lipinski definition) is 1. The van der Waals surface area contributed by atoms with E-state index in [0.29, 0.717) is 22.8 Å². The third kappa shape index (κ3) is 4.98. The van der Waals surface area contributed by atoms with Crippen LogP contribution in [0.2, 0.25) is 0 Å². The van der Waals surface area contributed by atoms with Crippen LogP contribution in [0.4, 0.5) is 0 Å². The molecule has 1 N–H and O–H groups in total. The molecule has 1 amide bonds. The fourth-order valence-electron chi connectivity index (χ4n) is 4.28. The van der Waals surface area contributed by atoms with E-state index < -0.39 is 0 Å². The summed E-state index contributed by atoms with van der Waals surface area (Å²) in [5.41, 5.74) is 5.46. The number of para-hydroxylation sites is 1. The zero-order valence-corrected chi connectivity index (χ0v) is 20.4. The molecule has 0 aliphatic rings. The second-order valence-corrected chi connectivity index (χ2v) is 8.79. The topological polar surface area (TPSA) is 68.5 Å². The molecule has 6 heteroatoms. The van der Waals surface area contributed by atoms with Gasteiger partial charge in [0.15, 0.2) is 5.65 Å². The largest absolute Gasteiger partial charge is 0.496 e. The minimum atomic E-state index is -0.193. The summed E-state index contributed by atoms with van der Waals surface area (Å²) in [7, 11) is 1.63. The van der Waals surface area contributed by atoms with Crippen LogP contribution in [0.5, 0.6) is 5.75 Å². The van der Waals surface area contributed by atoms with E-state index in [0.717, 1.165) is 29.7 Å². The lowest BCUT2D eigenvalue weighted by Crippen LogP contribution is -2.34. The summed E-state index contributed by atoms with van der Waals surface area (Å²) in [6, 6.07) is 31.5. The van der Waals surface area contributed by atoms with Crippen molar-refractivity contribution in [2.45, 2.75) is 25.8 Å². The second kappa shape index (κ2) is 10.4. The lowest BCUT2D eigenvalue weighted by atomic mass is 10.1. The number of fused-ring (bicyclic) bond motifs is 1. The van der Waals surface area contributed by atoms with Gasteiger partial charge in [-0.2, -0.15) is 5.10 Å². The van der Waals surface area contributed by atoms with Crippen molar-refractivity contribution >= 4 is 11.6 Å². The zero-order valence-electron chi connectivity index (χ0n) is 20.4. The smallest absolute Gasteiger partial charge is 0.270 e. The van der Waals surface area contributed by atoms with Crippen molar-refractivity contribution in [1.82, 2.24) is 19.9 Å². The average molecular weight is 477 g/mol. The molecule has 0 unspecified atom stereocenters. The van der Waals surface area contributed by atoms with Gasteiger partial charge in [0.2, 0.25) is 0 Å². The number of aryl methyl sites for hydroxylation is 1. The number of rotatable bonds is 8. The highest BCUT2D eigenvalue weighted by molar-refractivity contribution is 5.94. The fourth-order valence-corrected chi connectivity index (χ4v) is 4.28. The Balaban J connectivity index is 1.51. The Morgan fingerprint density at radius 2 is 1.61 bits per heavy atom.